The van der Waals surface area contributed by atoms with Crippen LogP contribution in [0, 0.1) is 9.39 Å². The summed E-state index contributed by atoms with van der Waals surface area (Å²) in [5.41, 5.74) is -0.513. The van der Waals surface area contributed by atoms with Gasteiger partial charge in [-0.25, -0.2) is 9.18 Å². The highest BCUT2D eigenvalue weighted by Gasteiger charge is 2.54. The van der Waals surface area contributed by atoms with Gasteiger partial charge < -0.3 is 14.5 Å². The van der Waals surface area contributed by atoms with Crippen LogP contribution in [0.5, 0.6) is 0 Å². The molecule has 0 atom stereocenters. The van der Waals surface area contributed by atoms with E-state index in [9.17, 15) is 14.0 Å². The van der Waals surface area contributed by atoms with Gasteiger partial charge in [-0.2, -0.15) is 0 Å². The summed E-state index contributed by atoms with van der Waals surface area (Å²) >= 11 is 1.90. The van der Waals surface area contributed by atoms with Crippen LogP contribution >= 0.6 is 22.6 Å². The van der Waals surface area contributed by atoms with Crippen molar-refractivity contribution in [1.29, 1.82) is 0 Å². The highest BCUT2D eigenvalue weighted by atomic mass is 127. The molecule has 0 bridgehead atoms. The lowest BCUT2D eigenvalue weighted by Gasteiger charge is -2.42. The van der Waals surface area contributed by atoms with E-state index < -0.39 is 5.60 Å². The van der Waals surface area contributed by atoms with Gasteiger partial charge in [-0.05, 0) is 74.4 Å². The van der Waals surface area contributed by atoms with E-state index in [0.29, 0.717) is 28.8 Å². The molecule has 2 aliphatic rings. The molecule has 0 radical (unpaired) electrons. The molecule has 0 unspecified atom stereocenters. The molecule has 1 heterocycles. The van der Waals surface area contributed by atoms with E-state index >= 15 is 0 Å². The zero-order valence-electron chi connectivity index (χ0n) is 14.6. The lowest BCUT2D eigenvalue weighted by atomic mass is 10.1. The average Bonchev–Trinajstić information content (AvgIpc) is 3.27. The number of carbonyl (C=O) groups excluding carboxylic acids is 2. The van der Waals surface area contributed by atoms with E-state index in [1.165, 1.54) is 6.07 Å². The Morgan fingerprint density at radius 3 is 2.48 bits per heavy atom. The Hall–Kier alpha value is -1.38. The number of nitrogens with zero attached hydrogens (tertiary/aromatic N) is 2. The molecule has 136 valence electrons. The largest absolute Gasteiger partial charge is 0.444 e. The first-order chi connectivity index (χ1) is 11.6. The number of amides is 2. The number of halogens is 2. The summed E-state index contributed by atoms with van der Waals surface area (Å²) in [4.78, 5) is 28.6. The van der Waals surface area contributed by atoms with Crippen molar-refractivity contribution in [3.8, 4) is 0 Å². The van der Waals surface area contributed by atoms with Gasteiger partial charge in [-0.15, -0.1) is 0 Å². The van der Waals surface area contributed by atoms with E-state index in [0.717, 1.165) is 12.8 Å². The maximum absolute atomic E-state index is 13.8. The molecule has 3 rings (SSSR count). The molecule has 1 saturated heterocycles. The summed E-state index contributed by atoms with van der Waals surface area (Å²) in [5, 5.41) is 0. The molecule has 1 aromatic rings. The van der Waals surface area contributed by atoms with Crippen molar-refractivity contribution in [2.24, 2.45) is 0 Å². The number of hydrogen-bond donors (Lipinski definition) is 0. The van der Waals surface area contributed by atoms with Gasteiger partial charge >= 0.3 is 6.09 Å². The van der Waals surface area contributed by atoms with Crippen LogP contribution in [0.15, 0.2) is 18.2 Å². The molecule has 1 aliphatic heterocycles. The third-order valence-corrected chi connectivity index (χ3v) is 5.42. The topological polar surface area (TPSA) is 49.9 Å². The zero-order valence-corrected chi connectivity index (χ0v) is 16.8. The van der Waals surface area contributed by atoms with Crippen LogP contribution in [0.3, 0.4) is 0 Å². The summed E-state index contributed by atoms with van der Waals surface area (Å²) < 4.78 is 19.7. The second-order valence-corrected chi connectivity index (χ2v) is 8.87. The summed E-state index contributed by atoms with van der Waals surface area (Å²) in [6.07, 6.45) is 1.36. The molecule has 1 aromatic carbocycles. The molecule has 0 N–H and O–H groups in total. The van der Waals surface area contributed by atoms with Gasteiger partial charge in [0, 0.05) is 28.8 Å². The van der Waals surface area contributed by atoms with Crippen molar-refractivity contribution in [3.05, 3.63) is 33.1 Å². The number of carbonyl (C=O) groups is 2. The van der Waals surface area contributed by atoms with E-state index in [-0.39, 0.29) is 23.4 Å². The third-order valence-electron chi connectivity index (χ3n) is 4.54. The number of ether oxygens (including phenoxy) is 1. The lowest BCUT2D eigenvalue weighted by Crippen LogP contribution is -2.58. The molecule has 5 nitrogen and oxygen atoms in total. The molecule has 25 heavy (non-hydrogen) atoms. The van der Waals surface area contributed by atoms with Crippen LogP contribution in [0.2, 0.25) is 0 Å². The Kier molecular flexibility index (Phi) is 4.72. The molecule has 1 saturated carbocycles. The monoisotopic (exact) mass is 460 g/mol. The first-order valence-corrected chi connectivity index (χ1v) is 9.44. The minimum absolute atomic E-state index is 0.170. The van der Waals surface area contributed by atoms with E-state index in [2.05, 4.69) is 0 Å². The Morgan fingerprint density at radius 2 is 1.92 bits per heavy atom. The Labute approximate surface area is 160 Å². The predicted octanol–water partition coefficient (Wildman–Crippen LogP) is 3.66. The van der Waals surface area contributed by atoms with E-state index in [1.54, 1.807) is 21.9 Å². The number of piperazine rings is 1. The van der Waals surface area contributed by atoms with Gasteiger partial charge in [-0.3, -0.25) is 4.79 Å². The molecular formula is C18H22FIN2O3. The Bertz CT molecular complexity index is 713. The molecular weight excluding hydrogens is 438 g/mol. The van der Waals surface area contributed by atoms with Gasteiger partial charge in [0.25, 0.3) is 5.91 Å². The molecule has 0 aromatic heterocycles. The van der Waals surface area contributed by atoms with Crippen LogP contribution in [0.1, 0.15) is 44.0 Å². The summed E-state index contributed by atoms with van der Waals surface area (Å²) in [5.74, 6) is -0.555. The van der Waals surface area contributed by atoms with Crippen LogP contribution < -0.4 is 0 Å². The van der Waals surface area contributed by atoms with Gasteiger partial charge in [0.15, 0.2) is 0 Å². The fourth-order valence-corrected chi connectivity index (χ4v) is 3.47. The lowest BCUT2D eigenvalue weighted by molar-refractivity contribution is 0.000629. The van der Waals surface area contributed by atoms with Crippen LogP contribution in [-0.2, 0) is 4.74 Å². The Balaban J connectivity index is 1.73. The molecule has 1 spiro atoms. The smallest absolute Gasteiger partial charge is 0.410 e. The fourth-order valence-electron chi connectivity index (χ4n) is 3.13. The number of benzene rings is 1. The molecule has 1 aliphatic carbocycles. The maximum Gasteiger partial charge on any atom is 0.410 e. The fraction of sp³-hybridized carbons (Fsp3) is 0.556. The second kappa shape index (κ2) is 6.41. The van der Waals surface area contributed by atoms with Crippen molar-refractivity contribution >= 4 is 34.6 Å². The van der Waals surface area contributed by atoms with Crippen LogP contribution in [0.25, 0.3) is 0 Å². The van der Waals surface area contributed by atoms with Gasteiger partial charge in [0.1, 0.15) is 11.4 Å². The van der Waals surface area contributed by atoms with Crippen molar-refractivity contribution in [1.82, 2.24) is 9.80 Å². The number of hydrogen-bond acceptors (Lipinski definition) is 3. The summed E-state index contributed by atoms with van der Waals surface area (Å²) in [7, 11) is 0. The van der Waals surface area contributed by atoms with Crippen molar-refractivity contribution in [2.45, 2.75) is 44.8 Å². The van der Waals surface area contributed by atoms with Gasteiger partial charge in [0.2, 0.25) is 0 Å². The average molecular weight is 460 g/mol. The molecule has 2 amide bonds. The zero-order chi connectivity index (χ0) is 18.4. The van der Waals surface area contributed by atoms with Crippen LogP contribution in [0.4, 0.5) is 9.18 Å². The first-order valence-electron chi connectivity index (χ1n) is 8.36. The van der Waals surface area contributed by atoms with E-state index in [1.807, 2.05) is 43.4 Å². The quantitative estimate of drug-likeness (QED) is 0.602. The summed E-state index contributed by atoms with van der Waals surface area (Å²) in [6.45, 7) is 6.84. The molecule has 2 fully saturated rings. The predicted molar refractivity (Wildman–Crippen MR) is 99.9 cm³/mol. The third kappa shape index (κ3) is 3.91. The summed E-state index contributed by atoms with van der Waals surface area (Å²) in [6, 6.07) is 4.56. The van der Waals surface area contributed by atoms with Crippen LogP contribution in [-0.4, -0.2) is 52.6 Å². The minimum Gasteiger partial charge on any atom is -0.444 e. The highest BCUT2D eigenvalue weighted by molar-refractivity contribution is 14.1. The van der Waals surface area contributed by atoms with Crippen molar-refractivity contribution < 1.29 is 18.7 Å². The maximum atomic E-state index is 13.8. The van der Waals surface area contributed by atoms with Gasteiger partial charge in [-0.1, -0.05) is 0 Å². The van der Waals surface area contributed by atoms with E-state index in [4.69, 9.17) is 4.74 Å². The van der Waals surface area contributed by atoms with Crippen molar-refractivity contribution in [3.63, 3.8) is 0 Å². The first kappa shape index (κ1) is 18.4. The highest BCUT2D eigenvalue weighted by Crippen LogP contribution is 2.45. The van der Waals surface area contributed by atoms with Gasteiger partial charge in [0.05, 0.1) is 5.54 Å². The Morgan fingerprint density at radius 1 is 1.24 bits per heavy atom. The second-order valence-electron chi connectivity index (χ2n) is 7.71. The van der Waals surface area contributed by atoms with Crippen molar-refractivity contribution in [2.75, 3.05) is 19.6 Å². The normalized spacial score (nSPS) is 19.1. The molecule has 7 heteroatoms. The standard InChI is InChI=1S/C18H22FIN2O3/c1-17(2,3)25-16(24)21-8-9-22(18(11-21)6-7-18)15(23)12-4-5-14(20)13(19)10-12/h4-5,10H,6-9,11H2,1-3H3. The number of rotatable bonds is 1. The SMILES string of the molecule is CC(C)(C)OC(=O)N1CCN(C(=O)c2ccc(I)c(F)c2)C2(CC2)C1. The minimum atomic E-state index is -0.542.